The van der Waals surface area contributed by atoms with Crippen molar-refractivity contribution in [1.29, 1.82) is 0 Å². The maximum absolute atomic E-state index is 12.4. The normalized spacial score (nSPS) is 23.1. The molecule has 1 saturated heterocycles. The first-order valence-corrected chi connectivity index (χ1v) is 9.85. The lowest BCUT2D eigenvalue weighted by Crippen LogP contribution is -2.44. The van der Waals surface area contributed by atoms with E-state index in [2.05, 4.69) is 9.88 Å². The number of hydrogen-bond acceptors (Lipinski definition) is 5. The summed E-state index contributed by atoms with van der Waals surface area (Å²) in [6.07, 6.45) is 3.90. The van der Waals surface area contributed by atoms with E-state index < -0.39 is 10.0 Å². The number of sulfonamides is 1. The summed E-state index contributed by atoms with van der Waals surface area (Å²) in [5.41, 5.74) is 0.696. The van der Waals surface area contributed by atoms with Gasteiger partial charge in [0.1, 0.15) is 5.82 Å². The zero-order chi connectivity index (χ0) is 16.0. The molecule has 0 atom stereocenters. The summed E-state index contributed by atoms with van der Waals surface area (Å²) in [6, 6.07) is 1.60. The van der Waals surface area contributed by atoms with E-state index in [1.54, 1.807) is 10.6 Å². The molecule has 0 amide bonds. The second-order valence-corrected chi connectivity index (χ2v) is 8.93. The molecular weight excluding hydrogens is 316 g/mol. The topological polar surface area (TPSA) is 75.5 Å². The molecule has 0 aromatic carbocycles. The van der Waals surface area contributed by atoms with Gasteiger partial charge in [0.2, 0.25) is 10.0 Å². The van der Waals surface area contributed by atoms with Crippen LogP contribution in [0.2, 0.25) is 0 Å². The summed E-state index contributed by atoms with van der Waals surface area (Å²) < 4.78 is 27.9. The van der Waals surface area contributed by atoms with E-state index in [1.165, 1.54) is 17.1 Å². The van der Waals surface area contributed by atoms with Gasteiger partial charge >= 0.3 is 0 Å². The molecule has 7 nitrogen and oxygen atoms in total. The maximum Gasteiger partial charge on any atom is 0.253 e. The fourth-order valence-electron chi connectivity index (χ4n) is 3.46. The number of aromatic nitrogens is 2. The van der Waals surface area contributed by atoms with E-state index in [9.17, 15) is 13.2 Å². The zero-order valence-corrected chi connectivity index (χ0v) is 14.0. The van der Waals surface area contributed by atoms with Crippen molar-refractivity contribution in [2.24, 2.45) is 0 Å². The molecule has 1 saturated carbocycles. The first-order valence-electron chi connectivity index (χ1n) is 8.35. The van der Waals surface area contributed by atoms with Crippen LogP contribution in [0.1, 0.15) is 37.2 Å². The Morgan fingerprint density at radius 1 is 1.13 bits per heavy atom. The van der Waals surface area contributed by atoms with Gasteiger partial charge in [-0.15, -0.1) is 0 Å². The fraction of sp³-hybridized carbons (Fsp3) is 0.733. The van der Waals surface area contributed by atoms with Crippen molar-refractivity contribution in [3.8, 4) is 0 Å². The van der Waals surface area contributed by atoms with Crippen LogP contribution in [0.25, 0.3) is 0 Å². The minimum absolute atomic E-state index is 0.0623. The first kappa shape index (κ1) is 15.3. The van der Waals surface area contributed by atoms with Crippen LogP contribution in [0.5, 0.6) is 0 Å². The molecule has 23 heavy (non-hydrogen) atoms. The zero-order valence-electron chi connectivity index (χ0n) is 13.1. The lowest BCUT2D eigenvalue weighted by Gasteiger charge is -2.28. The van der Waals surface area contributed by atoms with Crippen molar-refractivity contribution in [2.75, 3.05) is 19.6 Å². The first-order chi connectivity index (χ1) is 11.0. The van der Waals surface area contributed by atoms with Crippen LogP contribution >= 0.6 is 0 Å². The molecule has 8 heteroatoms. The third-order valence-electron chi connectivity index (χ3n) is 4.92. The van der Waals surface area contributed by atoms with Gasteiger partial charge in [-0.1, -0.05) is 0 Å². The average Bonchev–Trinajstić information content (AvgIpc) is 3.27. The van der Waals surface area contributed by atoms with E-state index in [0.717, 1.165) is 31.6 Å². The van der Waals surface area contributed by atoms with Gasteiger partial charge in [-0.2, -0.15) is 4.31 Å². The molecule has 1 aliphatic carbocycles. The monoisotopic (exact) mass is 338 g/mol. The van der Waals surface area contributed by atoms with Gasteiger partial charge in [0.05, 0.1) is 17.5 Å². The third kappa shape index (κ3) is 2.95. The highest BCUT2D eigenvalue weighted by Gasteiger charge is 2.41. The summed E-state index contributed by atoms with van der Waals surface area (Å²) in [6.45, 7) is 3.76. The maximum atomic E-state index is 12.4. The molecule has 0 bridgehead atoms. The van der Waals surface area contributed by atoms with E-state index in [-0.39, 0.29) is 17.4 Å². The highest BCUT2D eigenvalue weighted by atomic mass is 32.2. The Bertz CT molecular complexity index is 763. The Morgan fingerprint density at radius 2 is 1.87 bits per heavy atom. The number of likely N-dealkylation sites (tertiary alicyclic amines) is 1. The molecule has 2 fully saturated rings. The molecule has 2 aliphatic heterocycles. The minimum atomic E-state index is -3.21. The molecule has 0 radical (unpaired) electrons. The minimum Gasteiger partial charge on any atom is -0.298 e. The van der Waals surface area contributed by atoms with Gasteiger partial charge < -0.3 is 0 Å². The smallest absolute Gasteiger partial charge is 0.253 e. The van der Waals surface area contributed by atoms with Crippen molar-refractivity contribution in [3.05, 3.63) is 27.9 Å². The SMILES string of the molecule is O=c1cc(CN2CCCC2)nc2n1CCN(S(=O)(=O)C1CC1)C2. The van der Waals surface area contributed by atoms with Gasteiger partial charge in [-0.25, -0.2) is 13.4 Å². The highest BCUT2D eigenvalue weighted by molar-refractivity contribution is 7.90. The molecule has 1 aromatic heterocycles. The predicted octanol–water partition coefficient (Wildman–Crippen LogP) is 0.147. The third-order valence-corrected chi connectivity index (χ3v) is 7.27. The lowest BCUT2D eigenvalue weighted by atomic mass is 10.3. The highest BCUT2D eigenvalue weighted by Crippen LogP contribution is 2.32. The predicted molar refractivity (Wildman–Crippen MR) is 85.4 cm³/mol. The standard InChI is InChI=1S/C15H22N4O3S/c20-15-9-12(10-17-5-1-2-6-17)16-14-11-18(7-8-19(14)15)23(21,22)13-3-4-13/h9,13H,1-8,10-11H2. The molecule has 1 aromatic rings. The summed E-state index contributed by atoms with van der Waals surface area (Å²) in [7, 11) is -3.21. The number of fused-ring (bicyclic) bond motifs is 1. The van der Waals surface area contributed by atoms with Crippen LogP contribution < -0.4 is 5.56 Å². The average molecular weight is 338 g/mol. The molecule has 0 unspecified atom stereocenters. The van der Waals surface area contributed by atoms with Crippen molar-refractivity contribution in [3.63, 3.8) is 0 Å². The summed E-state index contributed by atoms with van der Waals surface area (Å²) >= 11 is 0. The molecule has 4 rings (SSSR count). The van der Waals surface area contributed by atoms with Crippen LogP contribution in [-0.4, -0.2) is 52.1 Å². The number of hydrogen-bond donors (Lipinski definition) is 0. The van der Waals surface area contributed by atoms with E-state index >= 15 is 0 Å². The summed E-state index contributed by atoms with van der Waals surface area (Å²) in [4.78, 5) is 19.2. The molecule has 3 heterocycles. The van der Waals surface area contributed by atoms with Gasteiger partial charge in [0, 0.05) is 25.7 Å². The Labute approximate surface area is 136 Å². The largest absolute Gasteiger partial charge is 0.298 e. The fourth-order valence-corrected chi connectivity index (χ4v) is 5.24. The second-order valence-electron chi connectivity index (χ2n) is 6.71. The molecular formula is C15H22N4O3S. The Morgan fingerprint density at radius 3 is 2.57 bits per heavy atom. The van der Waals surface area contributed by atoms with Gasteiger partial charge in [-0.05, 0) is 38.8 Å². The molecule has 0 N–H and O–H groups in total. The lowest BCUT2D eigenvalue weighted by molar-refractivity contribution is 0.309. The van der Waals surface area contributed by atoms with E-state index in [0.29, 0.717) is 25.5 Å². The summed E-state index contributed by atoms with van der Waals surface area (Å²) in [5.74, 6) is 0.585. The van der Waals surface area contributed by atoms with E-state index in [4.69, 9.17) is 0 Å². The van der Waals surface area contributed by atoms with Crippen LogP contribution in [-0.2, 0) is 29.7 Å². The van der Waals surface area contributed by atoms with Gasteiger partial charge in [0.15, 0.2) is 0 Å². The second kappa shape index (κ2) is 5.68. The number of rotatable bonds is 4. The molecule has 3 aliphatic rings. The van der Waals surface area contributed by atoms with Crippen molar-refractivity contribution >= 4 is 10.0 Å². The van der Waals surface area contributed by atoms with Crippen molar-refractivity contribution in [1.82, 2.24) is 18.8 Å². The van der Waals surface area contributed by atoms with Crippen LogP contribution in [0, 0.1) is 0 Å². The Hall–Kier alpha value is -1.25. The molecule has 0 spiro atoms. The molecule has 126 valence electrons. The van der Waals surface area contributed by atoms with Crippen molar-refractivity contribution in [2.45, 2.75) is 50.6 Å². The quantitative estimate of drug-likeness (QED) is 0.781. The van der Waals surface area contributed by atoms with Crippen LogP contribution in [0.15, 0.2) is 10.9 Å². The Balaban J connectivity index is 1.59. The number of nitrogens with zero attached hydrogens (tertiary/aromatic N) is 4. The van der Waals surface area contributed by atoms with Crippen LogP contribution in [0.4, 0.5) is 0 Å². The van der Waals surface area contributed by atoms with Gasteiger partial charge in [-0.3, -0.25) is 14.3 Å². The van der Waals surface area contributed by atoms with Gasteiger partial charge in [0.25, 0.3) is 5.56 Å². The van der Waals surface area contributed by atoms with Crippen LogP contribution in [0.3, 0.4) is 0 Å². The van der Waals surface area contributed by atoms with Crippen molar-refractivity contribution < 1.29 is 8.42 Å². The van der Waals surface area contributed by atoms with E-state index in [1.807, 2.05) is 0 Å². The Kier molecular flexibility index (Phi) is 3.78. The summed E-state index contributed by atoms with van der Waals surface area (Å²) in [5, 5.41) is -0.214.